The fourth-order valence-electron chi connectivity index (χ4n) is 4.39. The Hall–Kier alpha value is -3.91. The summed E-state index contributed by atoms with van der Waals surface area (Å²) in [6, 6.07) is 17.8. The molecule has 1 aliphatic rings. The van der Waals surface area contributed by atoms with Crippen molar-refractivity contribution in [2.45, 2.75) is 50.8 Å². The van der Waals surface area contributed by atoms with Gasteiger partial charge in [-0.1, -0.05) is 60.5 Å². The van der Waals surface area contributed by atoms with Crippen molar-refractivity contribution >= 4 is 33.6 Å². The summed E-state index contributed by atoms with van der Waals surface area (Å²) in [5, 5.41) is 18.3. The first kappa shape index (κ1) is 27.7. The Morgan fingerprint density at radius 3 is 2.24 bits per heavy atom. The van der Waals surface area contributed by atoms with Crippen molar-refractivity contribution in [1.29, 1.82) is 0 Å². The maximum absolute atomic E-state index is 13.3. The summed E-state index contributed by atoms with van der Waals surface area (Å²) in [5.74, 6) is -0.314. The Balaban J connectivity index is 0.00000121. The summed E-state index contributed by atoms with van der Waals surface area (Å²) in [5.41, 5.74) is 4.29. The molecule has 194 valence electrons. The molecule has 0 aliphatic heterocycles. The SMILES string of the molecule is CCC1=C(c2ccccc2)C(=C(O)c2ccn(S(=O)(=O)c3ccc(C)cc3)c2)C(=O)CCCC1.O=CO. The molecule has 1 aromatic heterocycles. The predicted molar refractivity (Wildman–Crippen MR) is 144 cm³/mol. The van der Waals surface area contributed by atoms with E-state index in [4.69, 9.17) is 9.90 Å². The van der Waals surface area contributed by atoms with Crippen LogP contribution in [0.4, 0.5) is 0 Å². The van der Waals surface area contributed by atoms with E-state index in [9.17, 15) is 18.3 Å². The van der Waals surface area contributed by atoms with Gasteiger partial charge in [0.15, 0.2) is 5.78 Å². The van der Waals surface area contributed by atoms with Crippen molar-refractivity contribution in [2.75, 3.05) is 0 Å². The van der Waals surface area contributed by atoms with Crippen molar-refractivity contribution in [2.24, 2.45) is 0 Å². The fourth-order valence-corrected chi connectivity index (χ4v) is 5.59. The fraction of sp³-hybridized carbons (Fsp3) is 0.241. The van der Waals surface area contributed by atoms with Crippen LogP contribution < -0.4 is 0 Å². The van der Waals surface area contributed by atoms with Gasteiger partial charge < -0.3 is 10.2 Å². The van der Waals surface area contributed by atoms with Gasteiger partial charge in [0.05, 0.1) is 10.5 Å². The number of carbonyl (C=O) groups is 2. The standard InChI is InChI=1S/C28H29NO4S.CH2O2/c1-3-21-9-7-8-12-25(30)27(26(21)22-10-5-4-6-11-22)28(31)23-17-18-29(19-23)34(32,33)24-15-13-20(2)14-16-24;2-1-3/h4-6,10-11,13-19,31H,3,7-9,12H2,1-2H3;1H,(H,2,3). The van der Waals surface area contributed by atoms with E-state index in [0.717, 1.165) is 51.9 Å². The number of allylic oxidation sites excluding steroid dienone is 3. The molecule has 1 aliphatic carbocycles. The van der Waals surface area contributed by atoms with Crippen molar-refractivity contribution in [3.63, 3.8) is 0 Å². The molecule has 4 rings (SSSR count). The highest BCUT2D eigenvalue weighted by Crippen LogP contribution is 2.38. The van der Waals surface area contributed by atoms with E-state index >= 15 is 0 Å². The van der Waals surface area contributed by atoms with Crippen LogP contribution in [0.1, 0.15) is 55.7 Å². The molecule has 7 nitrogen and oxygen atoms in total. The van der Waals surface area contributed by atoms with Crippen molar-refractivity contribution < 1.29 is 28.2 Å². The average Bonchev–Trinajstić information content (AvgIpc) is 3.39. The Kier molecular flexibility index (Phi) is 9.25. The van der Waals surface area contributed by atoms with Gasteiger partial charge in [0, 0.05) is 24.4 Å². The van der Waals surface area contributed by atoms with Crippen molar-refractivity contribution in [3.05, 3.63) is 101 Å². The molecule has 0 amide bonds. The molecule has 0 fully saturated rings. The van der Waals surface area contributed by atoms with Crippen molar-refractivity contribution in [3.8, 4) is 0 Å². The molecule has 0 spiro atoms. The van der Waals surface area contributed by atoms with Crippen LogP contribution >= 0.6 is 0 Å². The third kappa shape index (κ3) is 6.27. The van der Waals surface area contributed by atoms with Gasteiger partial charge in [0.2, 0.25) is 0 Å². The number of aliphatic hydroxyl groups is 1. The summed E-state index contributed by atoms with van der Waals surface area (Å²) >= 11 is 0. The normalized spacial score (nSPS) is 15.8. The van der Waals surface area contributed by atoms with Gasteiger partial charge in [-0.2, -0.15) is 0 Å². The number of rotatable bonds is 5. The van der Waals surface area contributed by atoms with Crippen molar-refractivity contribution in [1.82, 2.24) is 3.97 Å². The number of hydrogen-bond donors (Lipinski definition) is 2. The number of benzene rings is 2. The molecule has 0 saturated heterocycles. The first-order valence-corrected chi connectivity index (χ1v) is 13.5. The van der Waals surface area contributed by atoms with Gasteiger partial charge in [-0.15, -0.1) is 0 Å². The zero-order chi connectivity index (χ0) is 27.0. The third-order valence-corrected chi connectivity index (χ3v) is 7.93. The van der Waals surface area contributed by atoms with Gasteiger partial charge in [-0.25, -0.2) is 12.4 Å². The molecule has 2 N–H and O–H groups in total. The Labute approximate surface area is 217 Å². The molecule has 37 heavy (non-hydrogen) atoms. The Morgan fingerprint density at radius 2 is 1.62 bits per heavy atom. The minimum Gasteiger partial charge on any atom is -0.506 e. The lowest BCUT2D eigenvalue weighted by atomic mass is 9.82. The minimum atomic E-state index is -3.82. The van der Waals surface area contributed by atoms with Crippen LogP contribution in [0.3, 0.4) is 0 Å². The zero-order valence-electron chi connectivity index (χ0n) is 20.9. The lowest BCUT2D eigenvalue weighted by Crippen LogP contribution is -2.13. The number of carbonyl (C=O) groups excluding carboxylic acids is 1. The van der Waals surface area contributed by atoms with Gasteiger partial charge >= 0.3 is 0 Å². The van der Waals surface area contributed by atoms with E-state index in [1.807, 2.05) is 37.3 Å². The maximum atomic E-state index is 13.3. The number of aromatic nitrogens is 1. The molecule has 0 unspecified atom stereocenters. The molecule has 3 aromatic rings. The van der Waals surface area contributed by atoms with E-state index in [1.165, 1.54) is 18.5 Å². The topological polar surface area (TPSA) is 114 Å². The molecule has 0 bridgehead atoms. The number of hydrogen-bond acceptors (Lipinski definition) is 5. The van der Waals surface area contributed by atoms with Gasteiger partial charge in [-0.3, -0.25) is 9.59 Å². The van der Waals surface area contributed by atoms with Crippen LogP contribution in [0, 0.1) is 6.92 Å². The first-order chi connectivity index (χ1) is 17.7. The minimum absolute atomic E-state index is 0.129. The average molecular weight is 522 g/mol. The number of nitrogens with zero attached hydrogens (tertiary/aromatic N) is 1. The molecule has 0 atom stereocenters. The summed E-state index contributed by atoms with van der Waals surface area (Å²) in [7, 11) is -3.82. The lowest BCUT2D eigenvalue weighted by molar-refractivity contribution is -0.123. The lowest BCUT2D eigenvalue weighted by Gasteiger charge is -2.21. The predicted octanol–water partition coefficient (Wildman–Crippen LogP) is 6.01. The molecule has 2 aromatic carbocycles. The van der Waals surface area contributed by atoms with E-state index in [-0.39, 0.29) is 28.5 Å². The highest BCUT2D eigenvalue weighted by molar-refractivity contribution is 7.90. The van der Waals surface area contributed by atoms with Gasteiger partial charge in [-0.05, 0) is 61.9 Å². The Morgan fingerprint density at radius 1 is 1.00 bits per heavy atom. The van der Waals surface area contributed by atoms with E-state index < -0.39 is 10.0 Å². The summed E-state index contributed by atoms with van der Waals surface area (Å²) in [4.78, 5) is 21.8. The molecular formula is C29H31NO6S. The third-order valence-electron chi connectivity index (χ3n) is 6.28. The van der Waals surface area contributed by atoms with Gasteiger partial charge in [0.1, 0.15) is 5.76 Å². The molecule has 0 saturated carbocycles. The second-order valence-electron chi connectivity index (χ2n) is 8.71. The summed E-state index contributed by atoms with van der Waals surface area (Å²) in [6.45, 7) is 3.70. The molecule has 1 heterocycles. The second-order valence-corrected chi connectivity index (χ2v) is 10.5. The van der Waals surface area contributed by atoms with E-state index in [1.54, 1.807) is 24.3 Å². The van der Waals surface area contributed by atoms with E-state index in [2.05, 4.69) is 6.92 Å². The first-order valence-electron chi connectivity index (χ1n) is 12.1. The number of carboxylic acid groups (broad SMARTS) is 1. The quantitative estimate of drug-likeness (QED) is 0.241. The zero-order valence-corrected chi connectivity index (χ0v) is 21.7. The molecular weight excluding hydrogens is 490 g/mol. The smallest absolute Gasteiger partial charge is 0.290 e. The Bertz CT molecular complexity index is 1410. The highest BCUT2D eigenvalue weighted by atomic mass is 32.2. The largest absolute Gasteiger partial charge is 0.506 e. The second kappa shape index (κ2) is 12.4. The number of Topliss-reactive ketones (excluding diaryl/α,β-unsaturated/α-hetero) is 1. The number of ketones is 1. The number of aliphatic hydroxyl groups excluding tert-OH is 1. The maximum Gasteiger partial charge on any atom is 0.290 e. The monoisotopic (exact) mass is 521 g/mol. The summed E-state index contributed by atoms with van der Waals surface area (Å²) in [6.07, 6.45) is 6.41. The van der Waals surface area contributed by atoms with Crippen LogP contribution in [-0.2, 0) is 19.6 Å². The van der Waals surface area contributed by atoms with Crippen LogP contribution in [0.25, 0.3) is 11.3 Å². The highest BCUT2D eigenvalue weighted by Gasteiger charge is 2.27. The van der Waals surface area contributed by atoms with Crippen LogP contribution in [0.5, 0.6) is 0 Å². The van der Waals surface area contributed by atoms with Crippen LogP contribution in [-0.4, -0.2) is 34.9 Å². The summed E-state index contributed by atoms with van der Waals surface area (Å²) < 4.78 is 27.3. The molecule has 0 radical (unpaired) electrons. The number of aryl methyl sites for hydroxylation is 1. The van der Waals surface area contributed by atoms with Crippen LogP contribution in [0.2, 0.25) is 0 Å². The van der Waals surface area contributed by atoms with Gasteiger partial charge in [0.25, 0.3) is 16.5 Å². The van der Waals surface area contributed by atoms with E-state index in [0.29, 0.717) is 12.0 Å². The van der Waals surface area contributed by atoms with Crippen LogP contribution in [0.15, 0.2) is 89.1 Å². The molecule has 8 heteroatoms.